The van der Waals surface area contributed by atoms with Gasteiger partial charge in [0.2, 0.25) is 15.9 Å². The highest BCUT2D eigenvalue weighted by atomic mass is 32.2. The summed E-state index contributed by atoms with van der Waals surface area (Å²) in [5, 5.41) is 10.8. The van der Waals surface area contributed by atoms with Crippen molar-refractivity contribution in [3.63, 3.8) is 0 Å². The number of hydrogen-bond donors (Lipinski definition) is 3. The molecule has 0 heterocycles. The number of nitrogens with two attached hydrogens (primary N) is 1. The molecule has 0 unspecified atom stereocenters. The van der Waals surface area contributed by atoms with E-state index >= 15 is 0 Å². The Labute approximate surface area is 141 Å². The van der Waals surface area contributed by atoms with E-state index in [1.54, 1.807) is 25.1 Å². The van der Waals surface area contributed by atoms with Crippen LogP contribution >= 0.6 is 0 Å². The lowest BCUT2D eigenvalue weighted by molar-refractivity contribution is -0.116. The molecular weight excluding hydrogens is 326 g/mol. The number of carbonyl (C=O) groups excluding carboxylic acids is 1. The molecule has 0 saturated heterocycles. The number of nitrogens with one attached hydrogen (secondary N) is 2. The summed E-state index contributed by atoms with van der Waals surface area (Å²) in [5.74, 6) is 2.25. The molecular formula is C17H17N3O3S. The van der Waals surface area contributed by atoms with Crippen LogP contribution in [0.3, 0.4) is 0 Å². The zero-order valence-electron chi connectivity index (χ0n) is 13.0. The van der Waals surface area contributed by atoms with Gasteiger partial charge in [0.1, 0.15) is 6.04 Å². The molecule has 124 valence electrons. The second-order valence-corrected chi connectivity index (χ2v) is 6.71. The van der Waals surface area contributed by atoms with Gasteiger partial charge in [0.05, 0.1) is 4.90 Å². The number of terminal acetylenes is 1. The van der Waals surface area contributed by atoms with Gasteiger partial charge in [-0.25, -0.2) is 13.6 Å². The lowest BCUT2D eigenvalue weighted by Gasteiger charge is -2.15. The molecule has 0 aliphatic rings. The van der Waals surface area contributed by atoms with Crippen LogP contribution in [-0.2, 0) is 14.8 Å². The fourth-order valence-electron chi connectivity index (χ4n) is 1.99. The van der Waals surface area contributed by atoms with E-state index in [1.807, 2.05) is 6.07 Å². The van der Waals surface area contributed by atoms with Gasteiger partial charge in [-0.1, -0.05) is 12.0 Å². The molecule has 0 aliphatic carbocycles. The van der Waals surface area contributed by atoms with E-state index in [0.29, 0.717) is 11.3 Å². The highest BCUT2D eigenvalue weighted by molar-refractivity contribution is 7.89. The molecule has 0 radical (unpaired) electrons. The first-order valence-electron chi connectivity index (χ1n) is 7.06. The molecule has 0 fully saturated rings. The first-order chi connectivity index (χ1) is 11.3. The number of carbonyl (C=O) groups is 1. The molecule has 0 saturated carbocycles. The van der Waals surface area contributed by atoms with E-state index in [2.05, 4.69) is 16.6 Å². The third-order valence-corrected chi connectivity index (χ3v) is 4.19. The van der Waals surface area contributed by atoms with Crippen LogP contribution in [0.1, 0.15) is 12.5 Å². The van der Waals surface area contributed by atoms with Crippen molar-refractivity contribution in [2.75, 3.05) is 10.6 Å². The fourth-order valence-corrected chi connectivity index (χ4v) is 2.51. The first-order valence-corrected chi connectivity index (χ1v) is 8.61. The van der Waals surface area contributed by atoms with Crippen molar-refractivity contribution in [1.82, 2.24) is 0 Å². The number of primary sulfonamides is 1. The monoisotopic (exact) mass is 343 g/mol. The molecule has 0 spiro atoms. The summed E-state index contributed by atoms with van der Waals surface area (Å²) in [5.41, 5.74) is 1.92. The van der Waals surface area contributed by atoms with Gasteiger partial charge >= 0.3 is 0 Å². The summed E-state index contributed by atoms with van der Waals surface area (Å²) < 4.78 is 22.4. The van der Waals surface area contributed by atoms with Crippen molar-refractivity contribution in [2.45, 2.75) is 17.9 Å². The van der Waals surface area contributed by atoms with Gasteiger partial charge in [-0.05, 0) is 49.4 Å². The largest absolute Gasteiger partial charge is 0.374 e. The van der Waals surface area contributed by atoms with E-state index in [4.69, 9.17) is 11.6 Å². The van der Waals surface area contributed by atoms with Crippen LogP contribution in [0.4, 0.5) is 11.4 Å². The summed E-state index contributed by atoms with van der Waals surface area (Å²) in [7, 11) is -3.75. The maximum absolute atomic E-state index is 12.2. The molecule has 2 rings (SSSR count). The zero-order chi connectivity index (χ0) is 17.7. The van der Waals surface area contributed by atoms with E-state index in [0.717, 1.165) is 5.69 Å². The number of benzene rings is 2. The van der Waals surface area contributed by atoms with E-state index < -0.39 is 16.1 Å². The molecule has 4 N–H and O–H groups in total. The molecule has 2 aromatic rings. The highest BCUT2D eigenvalue weighted by Gasteiger charge is 2.14. The lowest BCUT2D eigenvalue weighted by Crippen LogP contribution is -2.31. The van der Waals surface area contributed by atoms with Crippen LogP contribution in [-0.4, -0.2) is 20.4 Å². The topological polar surface area (TPSA) is 101 Å². The van der Waals surface area contributed by atoms with Gasteiger partial charge in [0.25, 0.3) is 0 Å². The van der Waals surface area contributed by atoms with Crippen molar-refractivity contribution in [3.8, 4) is 12.3 Å². The molecule has 0 aromatic heterocycles. The van der Waals surface area contributed by atoms with Gasteiger partial charge in [0, 0.05) is 16.9 Å². The Morgan fingerprint density at radius 1 is 1.17 bits per heavy atom. The average molecular weight is 343 g/mol. The molecule has 0 aliphatic heterocycles. The predicted molar refractivity (Wildman–Crippen MR) is 93.9 cm³/mol. The first kappa shape index (κ1) is 17.5. The summed E-state index contributed by atoms with van der Waals surface area (Å²) in [6.07, 6.45) is 5.35. The molecule has 1 amide bonds. The molecule has 6 nitrogen and oxygen atoms in total. The number of rotatable bonds is 5. The minimum absolute atomic E-state index is 0.0160. The summed E-state index contributed by atoms with van der Waals surface area (Å²) in [6.45, 7) is 1.70. The third kappa shape index (κ3) is 4.59. The fraction of sp³-hybridized carbons (Fsp3) is 0.118. The quantitative estimate of drug-likeness (QED) is 0.720. The summed E-state index contributed by atoms with van der Waals surface area (Å²) >= 11 is 0. The van der Waals surface area contributed by atoms with Crippen molar-refractivity contribution >= 4 is 27.3 Å². The van der Waals surface area contributed by atoms with Crippen molar-refractivity contribution in [1.29, 1.82) is 0 Å². The van der Waals surface area contributed by atoms with Crippen LogP contribution in [0.2, 0.25) is 0 Å². The number of hydrogen-bond acceptors (Lipinski definition) is 4. The number of anilines is 2. The van der Waals surface area contributed by atoms with Gasteiger partial charge < -0.3 is 10.6 Å². The summed E-state index contributed by atoms with van der Waals surface area (Å²) in [4.78, 5) is 12.2. The number of amides is 1. The normalized spacial score (nSPS) is 12.0. The van der Waals surface area contributed by atoms with Crippen LogP contribution < -0.4 is 15.8 Å². The molecule has 0 bridgehead atoms. The van der Waals surface area contributed by atoms with Crippen LogP contribution in [0.15, 0.2) is 53.4 Å². The third-order valence-electron chi connectivity index (χ3n) is 3.26. The van der Waals surface area contributed by atoms with Gasteiger partial charge in [0.15, 0.2) is 0 Å². The Hall–Kier alpha value is -2.82. The van der Waals surface area contributed by atoms with Gasteiger partial charge in [-0.2, -0.15) is 0 Å². The second-order valence-electron chi connectivity index (χ2n) is 5.15. The standard InChI is InChI=1S/C17H17N3O3S/c1-3-13-5-4-6-15(11-13)19-12(2)17(21)20-14-7-9-16(10-8-14)24(18,22)23/h1,4-12,19H,2H3,(H,20,21)(H2,18,22,23)/t12-/m1/s1. The maximum atomic E-state index is 12.2. The lowest BCUT2D eigenvalue weighted by atomic mass is 10.2. The van der Waals surface area contributed by atoms with Gasteiger partial charge in [-0.15, -0.1) is 6.42 Å². The zero-order valence-corrected chi connectivity index (χ0v) is 13.8. The minimum atomic E-state index is -3.75. The SMILES string of the molecule is C#Cc1cccc(N[C@H](C)C(=O)Nc2ccc(S(N)(=O)=O)cc2)c1. The van der Waals surface area contributed by atoms with E-state index in [9.17, 15) is 13.2 Å². The van der Waals surface area contributed by atoms with Crippen LogP contribution in [0.5, 0.6) is 0 Å². The molecule has 1 atom stereocenters. The molecule has 2 aromatic carbocycles. The van der Waals surface area contributed by atoms with Gasteiger partial charge in [-0.3, -0.25) is 4.79 Å². The second kappa shape index (κ2) is 7.17. The Balaban J connectivity index is 2.02. The van der Waals surface area contributed by atoms with Crippen LogP contribution in [0.25, 0.3) is 0 Å². The number of sulfonamides is 1. The Morgan fingerprint density at radius 2 is 1.83 bits per heavy atom. The van der Waals surface area contributed by atoms with Crippen molar-refractivity contribution in [3.05, 3.63) is 54.1 Å². The molecule has 24 heavy (non-hydrogen) atoms. The Morgan fingerprint density at radius 3 is 2.42 bits per heavy atom. The highest BCUT2D eigenvalue weighted by Crippen LogP contribution is 2.14. The Kier molecular flexibility index (Phi) is 5.24. The maximum Gasteiger partial charge on any atom is 0.246 e. The van der Waals surface area contributed by atoms with Crippen LogP contribution in [0, 0.1) is 12.3 Å². The Bertz CT molecular complexity index is 884. The minimum Gasteiger partial charge on any atom is -0.374 e. The molecule has 7 heteroatoms. The predicted octanol–water partition coefficient (Wildman–Crippen LogP) is 1.75. The smallest absolute Gasteiger partial charge is 0.246 e. The van der Waals surface area contributed by atoms with E-state index in [1.165, 1.54) is 24.3 Å². The summed E-state index contributed by atoms with van der Waals surface area (Å²) in [6, 6.07) is 12.3. The van der Waals surface area contributed by atoms with Crippen molar-refractivity contribution < 1.29 is 13.2 Å². The van der Waals surface area contributed by atoms with Crippen molar-refractivity contribution in [2.24, 2.45) is 5.14 Å². The van der Waals surface area contributed by atoms with E-state index in [-0.39, 0.29) is 10.8 Å². The average Bonchev–Trinajstić information content (AvgIpc) is 2.54.